The quantitative estimate of drug-likeness (QED) is 0.319. The maximum atomic E-state index is 14.9. The van der Waals surface area contributed by atoms with Crippen molar-refractivity contribution in [3.63, 3.8) is 0 Å². The van der Waals surface area contributed by atoms with E-state index in [1.54, 1.807) is 29.9 Å². The van der Waals surface area contributed by atoms with Crippen LogP contribution in [0.15, 0.2) is 49.2 Å². The smallest absolute Gasteiger partial charge is 0.261 e. The molecule has 0 radical (unpaired) electrons. The molecule has 5 rings (SSSR count). The van der Waals surface area contributed by atoms with E-state index in [2.05, 4.69) is 25.1 Å². The molecule has 3 aromatic heterocycles. The molecule has 4 aromatic rings. The van der Waals surface area contributed by atoms with Crippen LogP contribution in [0.5, 0.6) is 0 Å². The van der Waals surface area contributed by atoms with Gasteiger partial charge >= 0.3 is 0 Å². The van der Waals surface area contributed by atoms with Crippen LogP contribution in [-0.2, 0) is 35.4 Å². The molecule has 1 aliphatic heterocycles. The van der Waals surface area contributed by atoms with E-state index in [4.69, 9.17) is 9.81 Å². The summed E-state index contributed by atoms with van der Waals surface area (Å²) in [4.78, 5) is 14.6. The first-order valence-corrected chi connectivity index (χ1v) is 13.7. The van der Waals surface area contributed by atoms with Gasteiger partial charge in [0.05, 0.1) is 25.9 Å². The molecule has 210 valence electrons. The van der Waals surface area contributed by atoms with E-state index < -0.39 is 33.4 Å². The number of benzene rings is 1. The highest BCUT2D eigenvalue weighted by Gasteiger charge is 2.43. The van der Waals surface area contributed by atoms with Crippen molar-refractivity contribution < 1.29 is 26.9 Å². The summed E-state index contributed by atoms with van der Waals surface area (Å²) in [7, 11) is -3.67. The minimum Gasteiger partial charge on any atom is -0.381 e. The van der Waals surface area contributed by atoms with Crippen LogP contribution < -0.4 is 0 Å². The summed E-state index contributed by atoms with van der Waals surface area (Å²) >= 11 is 0. The Labute approximate surface area is 228 Å². The number of aromatic nitrogens is 7. The van der Waals surface area contributed by atoms with Crippen LogP contribution in [0.2, 0.25) is 0 Å². The summed E-state index contributed by atoms with van der Waals surface area (Å²) in [6.07, 6.45) is 5.03. The fourth-order valence-corrected chi connectivity index (χ4v) is 4.35. The van der Waals surface area contributed by atoms with Crippen molar-refractivity contribution in [1.29, 1.82) is 5.26 Å². The average molecular weight is 574 g/mol. The lowest BCUT2D eigenvalue weighted by Gasteiger charge is -2.42. The lowest BCUT2D eigenvalue weighted by atomic mass is 9.85. The van der Waals surface area contributed by atoms with Gasteiger partial charge in [0.2, 0.25) is 0 Å². The van der Waals surface area contributed by atoms with Crippen molar-refractivity contribution >= 4 is 10.1 Å². The first-order chi connectivity index (χ1) is 18.9. The van der Waals surface area contributed by atoms with E-state index in [1.807, 2.05) is 11.0 Å². The maximum Gasteiger partial charge on any atom is 0.261 e. The van der Waals surface area contributed by atoms with Gasteiger partial charge in [-0.25, -0.2) is 33.1 Å². The van der Waals surface area contributed by atoms with E-state index in [1.165, 1.54) is 23.4 Å². The highest BCUT2D eigenvalue weighted by atomic mass is 32.2. The topological polar surface area (TPSA) is 176 Å². The summed E-state index contributed by atoms with van der Waals surface area (Å²) in [6.45, 7) is 3.08. The molecule has 0 spiro atoms. The zero-order chi connectivity index (χ0) is 29.1. The van der Waals surface area contributed by atoms with Crippen LogP contribution in [0.3, 0.4) is 0 Å². The number of nitrogens with zero attached hydrogens (tertiary/aromatic N) is 9. The third kappa shape index (κ3) is 6.69. The Bertz CT molecular complexity index is 1610. The molecule has 0 unspecified atom stereocenters. The Hall–Kier alpha value is -4.17. The highest BCUT2D eigenvalue weighted by Crippen LogP contribution is 2.34. The second-order valence-corrected chi connectivity index (χ2v) is 10.6. The lowest BCUT2D eigenvalue weighted by Crippen LogP contribution is -2.53. The SMILES string of the molecule is CS(=O)(=O)O.C[C@@H](N1CCn2nc(-c3ccc(C#N)nc3)nc2C1)[C@](O)(Cn1cncn1)c1ccc(F)cc1F. The van der Waals surface area contributed by atoms with Gasteiger partial charge in [0.15, 0.2) is 5.82 Å². The van der Waals surface area contributed by atoms with Crippen LogP contribution in [0, 0.1) is 23.0 Å². The Balaban J connectivity index is 0.000000681. The fraction of sp³-hybridized carbons (Fsp3) is 0.333. The fourth-order valence-electron chi connectivity index (χ4n) is 4.35. The molecular weight excluding hydrogens is 548 g/mol. The summed E-state index contributed by atoms with van der Waals surface area (Å²) < 4.78 is 57.6. The van der Waals surface area contributed by atoms with E-state index in [9.17, 15) is 22.3 Å². The number of pyridine rings is 1. The predicted molar refractivity (Wildman–Crippen MR) is 136 cm³/mol. The molecule has 1 aromatic carbocycles. The summed E-state index contributed by atoms with van der Waals surface area (Å²) in [5, 5.41) is 29.4. The van der Waals surface area contributed by atoms with Crippen LogP contribution in [0.25, 0.3) is 11.4 Å². The summed E-state index contributed by atoms with van der Waals surface area (Å²) in [5.74, 6) is -0.410. The molecule has 4 heterocycles. The zero-order valence-corrected chi connectivity index (χ0v) is 22.2. The zero-order valence-electron chi connectivity index (χ0n) is 21.4. The van der Waals surface area contributed by atoms with Crippen molar-refractivity contribution in [1.82, 2.24) is 39.4 Å². The van der Waals surface area contributed by atoms with Crippen LogP contribution >= 0.6 is 0 Å². The molecular formula is C24H25F2N9O4S. The van der Waals surface area contributed by atoms with Gasteiger partial charge in [-0.15, -0.1) is 0 Å². The van der Waals surface area contributed by atoms with Gasteiger partial charge in [-0.3, -0.25) is 9.45 Å². The van der Waals surface area contributed by atoms with Crippen molar-refractivity contribution in [2.24, 2.45) is 0 Å². The largest absolute Gasteiger partial charge is 0.381 e. The molecule has 1 aliphatic rings. The standard InChI is InChI=1S/C23H21F2N9O.CH4O3S/c1-15(23(35,12-33-14-27-13-29-33)19-5-3-17(24)8-20(19)25)32-6-7-34-21(11-32)30-22(31-34)16-2-4-18(9-26)28-10-16;1-5(2,3)4/h2-5,8,10,13-15,35H,6-7,11-12H2,1H3;1H3,(H,2,3,4)/t15-,23-;/m1./s1. The normalized spacial score (nSPS) is 15.7. The molecule has 40 heavy (non-hydrogen) atoms. The van der Waals surface area contributed by atoms with Crippen molar-refractivity contribution in [2.45, 2.75) is 38.2 Å². The molecule has 0 aliphatic carbocycles. The van der Waals surface area contributed by atoms with Gasteiger partial charge in [0.1, 0.15) is 47.5 Å². The monoisotopic (exact) mass is 573 g/mol. The molecule has 0 saturated carbocycles. The Kier molecular flexibility index (Phi) is 8.30. The summed E-state index contributed by atoms with van der Waals surface area (Å²) in [5.41, 5.74) is -0.787. The second kappa shape index (κ2) is 11.5. The summed E-state index contributed by atoms with van der Waals surface area (Å²) in [6, 6.07) is 7.87. The Morgan fingerprint density at radius 2 is 1.98 bits per heavy atom. The second-order valence-electron chi connectivity index (χ2n) is 9.14. The minimum atomic E-state index is -3.67. The first-order valence-electron chi connectivity index (χ1n) is 11.8. The molecule has 2 N–H and O–H groups in total. The molecule has 16 heteroatoms. The van der Waals surface area contributed by atoms with Crippen LogP contribution in [0.1, 0.15) is 24.0 Å². The Morgan fingerprint density at radius 3 is 2.58 bits per heavy atom. The Morgan fingerprint density at radius 1 is 1.23 bits per heavy atom. The first kappa shape index (κ1) is 28.8. The molecule has 2 atom stereocenters. The van der Waals surface area contributed by atoms with Crippen molar-refractivity contribution in [3.05, 3.63) is 77.9 Å². The number of hydrogen-bond donors (Lipinski definition) is 2. The van der Waals surface area contributed by atoms with Gasteiger partial charge in [-0.1, -0.05) is 6.07 Å². The van der Waals surface area contributed by atoms with E-state index in [-0.39, 0.29) is 12.1 Å². The van der Waals surface area contributed by atoms with Crippen molar-refractivity contribution in [3.8, 4) is 17.5 Å². The molecule has 0 amide bonds. The average Bonchev–Trinajstić information content (AvgIpc) is 3.56. The van der Waals surface area contributed by atoms with Gasteiger partial charge < -0.3 is 5.11 Å². The van der Waals surface area contributed by atoms with Crippen LogP contribution in [0.4, 0.5) is 8.78 Å². The maximum absolute atomic E-state index is 14.9. The number of nitriles is 1. The number of fused-ring (bicyclic) bond motifs is 1. The number of aliphatic hydroxyl groups is 1. The van der Waals surface area contributed by atoms with Gasteiger partial charge in [0, 0.05) is 36.0 Å². The molecule has 0 fully saturated rings. The third-order valence-corrected chi connectivity index (χ3v) is 6.33. The third-order valence-electron chi connectivity index (χ3n) is 6.33. The predicted octanol–water partition coefficient (Wildman–Crippen LogP) is 1.38. The highest BCUT2D eigenvalue weighted by molar-refractivity contribution is 7.85. The molecule has 0 bridgehead atoms. The van der Waals surface area contributed by atoms with E-state index >= 15 is 0 Å². The number of hydrogen-bond acceptors (Lipinski definition) is 10. The number of rotatable bonds is 6. The van der Waals surface area contributed by atoms with Gasteiger partial charge in [0.25, 0.3) is 10.1 Å². The molecule has 13 nitrogen and oxygen atoms in total. The van der Waals surface area contributed by atoms with E-state index in [0.717, 1.165) is 12.1 Å². The van der Waals surface area contributed by atoms with Gasteiger partial charge in [-0.05, 0) is 25.1 Å². The minimum absolute atomic E-state index is 0.0294. The van der Waals surface area contributed by atoms with Crippen molar-refractivity contribution in [2.75, 3.05) is 12.8 Å². The number of halogens is 2. The molecule has 0 saturated heterocycles. The van der Waals surface area contributed by atoms with E-state index in [0.29, 0.717) is 48.8 Å². The van der Waals surface area contributed by atoms with Gasteiger partial charge in [-0.2, -0.15) is 23.9 Å². The lowest BCUT2D eigenvalue weighted by molar-refractivity contribution is -0.0714. The van der Waals surface area contributed by atoms with Crippen LogP contribution in [-0.4, -0.2) is 76.3 Å².